The number of ether oxygens (including phenoxy) is 1. The summed E-state index contributed by atoms with van der Waals surface area (Å²) in [5.41, 5.74) is 3.58. The lowest BCUT2D eigenvalue weighted by Gasteiger charge is -2.33. The predicted molar refractivity (Wildman–Crippen MR) is 123 cm³/mol. The van der Waals surface area contributed by atoms with E-state index in [2.05, 4.69) is 6.92 Å². The Hall–Kier alpha value is -2.04. The molecule has 2 aromatic rings. The molecular weight excluding hydrogens is 433 g/mol. The molecule has 2 aliphatic rings. The van der Waals surface area contributed by atoms with Crippen molar-refractivity contribution in [2.45, 2.75) is 52.0 Å². The van der Waals surface area contributed by atoms with Crippen LogP contribution in [0.25, 0.3) is 0 Å². The van der Waals surface area contributed by atoms with E-state index in [1.807, 2.05) is 35.2 Å². The van der Waals surface area contributed by atoms with E-state index in [4.69, 9.17) is 27.9 Å². The van der Waals surface area contributed by atoms with Crippen molar-refractivity contribution in [1.82, 2.24) is 4.90 Å². The normalized spacial score (nSPS) is 20.2. The summed E-state index contributed by atoms with van der Waals surface area (Å²) in [6.07, 6.45) is 5.07. The summed E-state index contributed by atoms with van der Waals surface area (Å²) in [6, 6.07) is 11.3. The highest BCUT2D eigenvalue weighted by Crippen LogP contribution is 2.44. The molecule has 1 spiro atoms. The molecule has 1 saturated heterocycles. The molecular formula is C25H27Cl2NO3. The number of hydrogen-bond donors (Lipinski definition) is 0. The molecule has 4 nitrogen and oxygen atoms in total. The summed E-state index contributed by atoms with van der Waals surface area (Å²) in [6.45, 7) is 3.82. The van der Waals surface area contributed by atoms with Gasteiger partial charge >= 0.3 is 5.97 Å². The van der Waals surface area contributed by atoms with Crippen molar-refractivity contribution in [2.75, 3.05) is 13.2 Å². The number of hydrogen-bond acceptors (Lipinski definition) is 3. The minimum absolute atomic E-state index is 0.215. The molecule has 1 heterocycles. The van der Waals surface area contributed by atoms with Crippen molar-refractivity contribution in [2.24, 2.45) is 5.41 Å². The van der Waals surface area contributed by atoms with Crippen molar-refractivity contribution >= 4 is 35.1 Å². The number of likely N-dealkylation sites (tertiary alicyclic amines) is 1. The number of fused-ring (bicyclic) bond motifs is 1. The van der Waals surface area contributed by atoms with Crippen molar-refractivity contribution in [1.29, 1.82) is 0 Å². The van der Waals surface area contributed by atoms with Gasteiger partial charge < -0.3 is 9.64 Å². The van der Waals surface area contributed by atoms with Gasteiger partial charge in [-0.25, -0.2) is 4.79 Å². The lowest BCUT2D eigenvalue weighted by Crippen LogP contribution is -2.38. The highest BCUT2D eigenvalue weighted by Gasteiger charge is 2.48. The maximum atomic E-state index is 13.4. The molecule has 4 rings (SSSR count). The molecule has 1 aliphatic heterocycles. The van der Waals surface area contributed by atoms with E-state index in [0.717, 1.165) is 56.2 Å². The van der Waals surface area contributed by atoms with Crippen LogP contribution >= 0.6 is 23.2 Å². The number of carbonyl (C=O) groups is 2. The van der Waals surface area contributed by atoms with Gasteiger partial charge in [0.15, 0.2) is 0 Å². The number of benzene rings is 2. The Morgan fingerprint density at radius 2 is 1.94 bits per heavy atom. The zero-order chi connectivity index (χ0) is 22.0. The van der Waals surface area contributed by atoms with Crippen LogP contribution in [-0.2, 0) is 28.9 Å². The number of esters is 1. The number of carbonyl (C=O) groups excluding carboxylic acids is 2. The van der Waals surface area contributed by atoms with E-state index in [9.17, 15) is 9.59 Å². The number of aryl methyl sites for hydroxylation is 1. The summed E-state index contributed by atoms with van der Waals surface area (Å²) < 4.78 is 5.34. The fourth-order valence-corrected chi connectivity index (χ4v) is 5.00. The summed E-state index contributed by atoms with van der Waals surface area (Å²) >= 11 is 12.1. The van der Waals surface area contributed by atoms with E-state index < -0.39 is 0 Å². The third-order valence-electron chi connectivity index (χ3n) is 6.53. The monoisotopic (exact) mass is 459 g/mol. The van der Waals surface area contributed by atoms with Gasteiger partial charge in [-0.15, -0.1) is 0 Å². The highest BCUT2D eigenvalue weighted by atomic mass is 35.5. The first-order valence-electron chi connectivity index (χ1n) is 10.9. The molecule has 0 radical (unpaired) electrons. The van der Waals surface area contributed by atoms with E-state index >= 15 is 0 Å². The predicted octanol–water partition coefficient (Wildman–Crippen LogP) is 5.86. The van der Waals surface area contributed by atoms with Crippen LogP contribution in [0, 0.1) is 5.41 Å². The zero-order valence-corrected chi connectivity index (χ0v) is 19.3. The molecule has 1 unspecified atom stereocenters. The lowest BCUT2D eigenvalue weighted by atomic mass is 9.70. The number of amides is 1. The fraction of sp³-hybridized carbons (Fsp3) is 0.440. The molecule has 1 amide bonds. The number of rotatable bonds is 6. The Morgan fingerprint density at radius 3 is 2.71 bits per heavy atom. The van der Waals surface area contributed by atoms with E-state index in [1.165, 1.54) is 5.56 Å². The van der Waals surface area contributed by atoms with Gasteiger partial charge in [-0.3, -0.25) is 4.79 Å². The number of halogens is 2. The standard InChI is InChI=1S/C25H27Cl2NO3/c1-2-3-12-31-23(29)19-5-6-20-15-25(9-8-18(20)14-19)10-11-28(24(25)30)16-17-4-7-21(26)22(27)13-17/h4-7,13-14H,2-3,8-12,15-16H2,1H3. The first-order valence-corrected chi connectivity index (χ1v) is 11.7. The lowest BCUT2D eigenvalue weighted by molar-refractivity contribution is -0.137. The van der Waals surface area contributed by atoms with E-state index in [-0.39, 0.29) is 17.3 Å². The topological polar surface area (TPSA) is 46.6 Å². The van der Waals surface area contributed by atoms with Gasteiger partial charge in [-0.05, 0) is 73.1 Å². The third-order valence-corrected chi connectivity index (χ3v) is 7.27. The largest absolute Gasteiger partial charge is 0.462 e. The molecule has 1 fully saturated rings. The van der Waals surface area contributed by atoms with E-state index in [0.29, 0.717) is 28.8 Å². The van der Waals surface area contributed by atoms with Crippen molar-refractivity contribution < 1.29 is 14.3 Å². The molecule has 2 aromatic carbocycles. The van der Waals surface area contributed by atoms with Crippen LogP contribution in [0.3, 0.4) is 0 Å². The van der Waals surface area contributed by atoms with Crippen LogP contribution in [0.1, 0.15) is 59.7 Å². The average molecular weight is 460 g/mol. The molecule has 1 aliphatic carbocycles. The second-order valence-electron chi connectivity index (χ2n) is 8.66. The highest BCUT2D eigenvalue weighted by molar-refractivity contribution is 6.42. The average Bonchev–Trinajstić information content (AvgIpc) is 3.05. The molecule has 164 valence electrons. The Balaban J connectivity index is 1.44. The summed E-state index contributed by atoms with van der Waals surface area (Å²) in [7, 11) is 0. The molecule has 31 heavy (non-hydrogen) atoms. The summed E-state index contributed by atoms with van der Waals surface area (Å²) in [5, 5.41) is 1.03. The molecule has 0 saturated carbocycles. The smallest absolute Gasteiger partial charge is 0.338 e. The molecule has 1 atom stereocenters. The second-order valence-corrected chi connectivity index (χ2v) is 9.47. The Morgan fingerprint density at radius 1 is 1.10 bits per heavy atom. The molecule has 6 heteroatoms. The van der Waals surface area contributed by atoms with Crippen LogP contribution in [0.4, 0.5) is 0 Å². The fourth-order valence-electron chi connectivity index (χ4n) is 4.68. The van der Waals surface area contributed by atoms with Gasteiger partial charge in [0, 0.05) is 13.1 Å². The minimum atomic E-state index is -0.341. The van der Waals surface area contributed by atoms with Gasteiger partial charge in [-0.2, -0.15) is 0 Å². The van der Waals surface area contributed by atoms with Gasteiger partial charge in [-0.1, -0.05) is 48.7 Å². The SMILES string of the molecule is CCCCOC(=O)c1ccc2c(c1)CCC1(CCN(Cc3ccc(Cl)c(Cl)c3)C1=O)C2. The quantitative estimate of drug-likeness (QED) is 0.401. The van der Waals surface area contributed by atoms with Crippen molar-refractivity contribution in [3.05, 3.63) is 68.7 Å². The molecule has 0 aromatic heterocycles. The minimum Gasteiger partial charge on any atom is -0.462 e. The van der Waals surface area contributed by atoms with Gasteiger partial charge in [0.25, 0.3) is 0 Å². The Bertz CT molecular complexity index is 1010. The van der Waals surface area contributed by atoms with Crippen LogP contribution < -0.4 is 0 Å². The van der Waals surface area contributed by atoms with Gasteiger partial charge in [0.1, 0.15) is 0 Å². The summed E-state index contributed by atoms with van der Waals surface area (Å²) in [4.78, 5) is 27.6. The van der Waals surface area contributed by atoms with Crippen molar-refractivity contribution in [3.8, 4) is 0 Å². The van der Waals surface area contributed by atoms with Crippen LogP contribution in [0.2, 0.25) is 10.0 Å². The maximum Gasteiger partial charge on any atom is 0.338 e. The first-order chi connectivity index (χ1) is 14.9. The zero-order valence-electron chi connectivity index (χ0n) is 17.8. The van der Waals surface area contributed by atoms with Gasteiger partial charge in [0.05, 0.1) is 27.6 Å². The van der Waals surface area contributed by atoms with E-state index in [1.54, 1.807) is 6.07 Å². The van der Waals surface area contributed by atoms with Crippen LogP contribution in [0.5, 0.6) is 0 Å². The number of unbranched alkanes of at least 4 members (excludes halogenated alkanes) is 1. The van der Waals surface area contributed by atoms with Crippen molar-refractivity contribution in [3.63, 3.8) is 0 Å². The molecule has 0 bridgehead atoms. The first kappa shape index (κ1) is 22.2. The Labute approximate surface area is 193 Å². The number of nitrogens with zero attached hydrogens (tertiary/aromatic N) is 1. The molecule has 0 N–H and O–H groups in total. The van der Waals surface area contributed by atoms with Crippen LogP contribution in [-0.4, -0.2) is 29.9 Å². The third kappa shape index (κ3) is 4.61. The maximum absolute atomic E-state index is 13.4. The van der Waals surface area contributed by atoms with Gasteiger partial charge in [0.2, 0.25) is 5.91 Å². The Kier molecular flexibility index (Phi) is 6.59. The summed E-state index contributed by atoms with van der Waals surface area (Å²) in [5.74, 6) is -0.0476. The van der Waals surface area contributed by atoms with Crippen LogP contribution in [0.15, 0.2) is 36.4 Å². The second kappa shape index (κ2) is 9.22.